The molecule has 1 unspecified atom stereocenters. The second-order valence-corrected chi connectivity index (χ2v) is 5.58. The van der Waals surface area contributed by atoms with Crippen molar-refractivity contribution in [1.29, 1.82) is 0 Å². The van der Waals surface area contributed by atoms with E-state index >= 15 is 0 Å². The van der Waals surface area contributed by atoms with Crippen LogP contribution in [0, 0.1) is 0 Å². The smallest absolute Gasteiger partial charge is 0.274 e. The van der Waals surface area contributed by atoms with E-state index in [1.807, 2.05) is 29.2 Å². The molecule has 114 valence electrons. The minimum atomic E-state index is -0.0207. The first-order chi connectivity index (χ1) is 10.7. The summed E-state index contributed by atoms with van der Waals surface area (Å²) in [4.78, 5) is 14.0. The van der Waals surface area contributed by atoms with Gasteiger partial charge in [-0.05, 0) is 37.5 Å². The molecule has 1 aromatic carbocycles. The van der Waals surface area contributed by atoms with Crippen molar-refractivity contribution in [3.63, 3.8) is 0 Å². The van der Waals surface area contributed by atoms with Crippen LogP contribution in [0.1, 0.15) is 41.9 Å². The van der Waals surface area contributed by atoms with Gasteiger partial charge >= 0.3 is 0 Å². The summed E-state index contributed by atoms with van der Waals surface area (Å²) in [6, 6.07) is 13.8. The quantitative estimate of drug-likeness (QED) is 0.942. The van der Waals surface area contributed by atoms with Crippen LogP contribution in [0.5, 0.6) is 0 Å². The van der Waals surface area contributed by atoms with E-state index < -0.39 is 0 Å². The standard InChI is InChI=1S/C17H20N4O/c1-13(14-7-3-2-4-8-14)18-16-10-9-15(19-20-16)17(22)21-11-5-6-12-21/h2-4,7-10,13H,5-6,11-12H2,1H3,(H,18,20). The van der Waals surface area contributed by atoms with Gasteiger partial charge < -0.3 is 10.2 Å². The molecule has 1 amide bonds. The highest BCUT2D eigenvalue weighted by Crippen LogP contribution is 2.17. The summed E-state index contributed by atoms with van der Waals surface area (Å²) in [7, 11) is 0. The Morgan fingerprint density at radius 2 is 1.82 bits per heavy atom. The third kappa shape index (κ3) is 3.24. The fourth-order valence-corrected chi connectivity index (χ4v) is 2.65. The van der Waals surface area contributed by atoms with E-state index in [0.29, 0.717) is 11.5 Å². The molecule has 3 rings (SSSR count). The number of hydrogen-bond acceptors (Lipinski definition) is 4. The molecule has 1 saturated heterocycles. The molecule has 1 N–H and O–H groups in total. The highest BCUT2D eigenvalue weighted by molar-refractivity contribution is 5.92. The number of benzene rings is 1. The molecule has 22 heavy (non-hydrogen) atoms. The summed E-state index contributed by atoms with van der Waals surface area (Å²) in [5, 5.41) is 11.5. The Morgan fingerprint density at radius 3 is 2.45 bits per heavy atom. The molecule has 0 radical (unpaired) electrons. The Hall–Kier alpha value is -2.43. The zero-order valence-corrected chi connectivity index (χ0v) is 12.7. The zero-order valence-electron chi connectivity index (χ0n) is 12.7. The molecule has 1 aliphatic heterocycles. The van der Waals surface area contributed by atoms with Crippen molar-refractivity contribution in [3.05, 3.63) is 53.7 Å². The normalized spacial score (nSPS) is 15.6. The number of nitrogens with zero attached hydrogens (tertiary/aromatic N) is 3. The first kappa shape index (κ1) is 14.5. The van der Waals surface area contributed by atoms with Crippen molar-refractivity contribution in [3.8, 4) is 0 Å². The molecule has 5 heteroatoms. The Labute approximate surface area is 130 Å². The lowest BCUT2D eigenvalue weighted by Crippen LogP contribution is -2.28. The molecule has 0 saturated carbocycles. The van der Waals surface area contributed by atoms with Gasteiger partial charge in [0.2, 0.25) is 0 Å². The van der Waals surface area contributed by atoms with Gasteiger partial charge in [-0.2, -0.15) is 0 Å². The van der Waals surface area contributed by atoms with Crippen LogP contribution in [-0.2, 0) is 0 Å². The summed E-state index contributed by atoms with van der Waals surface area (Å²) in [5.41, 5.74) is 1.60. The Morgan fingerprint density at radius 1 is 1.09 bits per heavy atom. The fraction of sp³-hybridized carbons (Fsp3) is 0.353. The zero-order chi connectivity index (χ0) is 15.4. The summed E-state index contributed by atoms with van der Waals surface area (Å²) in [6.45, 7) is 3.72. The maximum absolute atomic E-state index is 12.2. The molecule has 1 aliphatic rings. The summed E-state index contributed by atoms with van der Waals surface area (Å²) in [5.74, 6) is 0.655. The van der Waals surface area contributed by atoms with Gasteiger partial charge in [-0.3, -0.25) is 4.79 Å². The van der Waals surface area contributed by atoms with Gasteiger partial charge in [0.25, 0.3) is 5.91 Å². The number of anilines is 1. The van der Waals surface area contributed by atoms with Crippen molar-refractivity contribution in [1.82, 2.24) is 15.1 Å². The molecule has 2 heterocycles. The van der Waals surface area contributed by atoms with E-state index in [4.69, 9.17) is 0 Å². The van der Waals surface area contributed by atoms with Crippen molar-refractivity contribution in [2.45, 2.75) is 25.8 Å². The van der Waals surface area contributed by atoms with Crippen LogP contribution < -0.4 is 5.32 Å². The second kappa shape index (κ2) is 6.56. The average Bonchev–Trinajstić information content (AvgIpc) is 3.10. The third-order valence-corrected chi connectivity index (χ3v) is 3.94. The number of carbonyl (C=O) groups is 1. The van der Waals surface area contributed by atoms with Gasteiger partial charge in [0, 0.05) is 19.1 Å². The molecule has 0 bridgehead atoms. The van der Waals surface area contributed by atoms with Crippen molar-refractivity contribution >= 4 is 11.7 Å². The van der Waals surface area contributed by atoms with E-state index in [-0.39, 0.29) is 11.9 Å². The van der Waals surface area contributed by atoms with Gasteiger partial charge in [0.05, 0.1) is 0 Å². The lowest BCUT2D eigenvalue weighted by atomic mass is 10.1. The SMILES string of the molecule is CC(Nc1ccc(C(=O)N2CCCC2)nn1)c1ccccc1. The monoisotopic (exact) mass is 296 g/mol. The molecule has 0 spiro atoms. The highest BCUT2D eigenvalue weighted by atomic mass is 16.2. The van der Waals surface area contributed by atoms with E-state index in [1.54, 1.807) is 6.07 Å². The molecule has 5 nitrogen and oxygen atoms in total. The predicted octanol–water partition coefficient (Wildman–Crippen LogP) is 2.89. The molecule has 1 fully saturated rings. The number of rotatable bonds is 4. The van der Waals surface area contributed by atoms with Crippen molar-refractivity contribution in [2.75, 3.05) is 18.4 Å². The molecule has 1 atom stereocenters. The van der Waals surface area contributed by atoms with Crippen LogP contribution in [0.3, 0.4) is 0 Å². The molecule has 1 aromatic heterocycles. The number of carbonyl (C=O) groups excluding carboxylic acids is 1. The first-order valence-electron chi connectivity index (χ1n) is 7.68. The van der Waals surface area contributed by atoms with Crippen LogP contribution in [0.15, 0.2) is 42.5 Å². The minimum absolute atomic E-state index is 0.0207. The highest BCUT2D eigenvalue weighted by Gasteiger charge is 2.20. The maximum Gasteiger partial charge on any atom is 0.274 e. The van der Waals surface area contributed by atoms with Gasteiger partial charge in [-0.25, -0.2) is 0 Å². The number of nitrogens with one attached hydrogen (secondary N) is 1. The fourth-order valence-electron chi connectivity index (χ4n) is 2.65. The van der Waals surface area contributed by atoms with Gasteiger partial charge in [0.1, 0.15) is 5.82 Å². The number of hydrogen-bond donors (Lipinski definition) is 1. The van der Waals surface area contributed by atoms with Crippen LogP contribution in [0.2, 0.25) is 0 Å². The summed E-state index contributed by atoms with van der Waals surface area (Å²) in [6.07, 6.45) is 2.15. The molecular weight excluding hydrogens is 276 g/mol. The van der Waals surface area contributed by atoms with E-state index in [0.717, 1.165) is 25.9 Å². The van der Waals surface area contributed by atoms with Crippen LogP contribution in [0.25, 0.3) is 0 Å². The van der Waals surface area contributed by atoms with E-state index in [2.05, 4.69) is 34.6 Å². The van der Waals surface area contributed by atoms with Gasteiger partial charge in [-0.15, -0.1) is 10.2 Å². The Kier molecular flexibility index (Phi) is 4.32. The van der Waals surface area contributed by atoms with Gasteiger partial charge in [-0.1, -0.05) is 30.3 Å². The Bertz CT molecular complexity index is 621. The second-order valence-electron chi connectivity index (χ2n) is 5.58. The maximum atomic E-state index is 12.2. The number of amides is 1. The van der Waals surface area contributed by atoms with E-state index in [9.17, 15) is 4.79 Å². The van der Waals surface area contributed by atoms with Crippen LogP contribution >= 0.6 is 0 Å². The predicted molar refractivity (Wildman–Crippen MR) is 85.6 cm³/mol. The molecular formula is C17H20N4O. The Balaban J connectivity index is 1.65. The average molecular weight is 296 g/mol. The lowest BCUT2D eigenvalue weighted by Gasteiger charge is -2.16. The topological polar surface area (TPSA) is 58.1 Å². The third-order valence-electron chi connectivity index (χ3n) is 3.94. The largest absolute Gasteiger partial charge is 0.362 e. The molecule has 2 aromatic rings. The summed E-state index contributed by atoms with van der Waals surface area (Å²) < 4.78 is 0. The summed E-state index contributed by atoms with van der Waals surface area (Å²) >= 11 is 0. The van der Waals surface area contributed by atoms with Crippen molar-refractivity contribution in [2.24, 2.45) is 0 Å². The van der Waals surface area contributed by atoms with E-state index in [1.165, 1.54) is 5.56 Å². The van der Waals surface area contributed by atoms with Crippen LogP contribution in [-0.4, -0.2) is 34.1 Å². The first-order valence-corrected chi connectivity index (χ1v) is 7.68. The van der Waals surface area contributed by atoms with Crippen molar-refractivity contribution < 1.29 is 4.79 Å². The number of likely N-dealkylation sites (tertiary alicyclic amines) is 1. The molecule has 0 aliphatic carbocycles. The minimum Gasteiger partial charge on any atom is -0.362 e. The number of aromatic nitrogens is 2. The van der Waals surface area contributed by atoms with Crippen LogP contribution in [0.4, 0.5) is 5.82 Å². The van der Waals surface area contributed by atoms with Gasteiger partial charge in [0.15, 0.2) is 5.69 Å². The lowest BCUT2D eigenvalue weighted by molar-refractivity contribution is 0.0786.